The molecule has 0 spiro atoms. The molecule has 0 aliphatic rings. The maximum Gasteiger partial charge on any atom is 0.226 e. The summed E-state index contributed by atoms with van der Waals surface area (Å²) >= 11 is 1.42. The van der Waals surface area contributed by atoms with Gasteiger partial charge in [-0.05, 0) is 62.7 Å². The van der Waals surface area contributed by atoms with E-state index in [9.17, 15) is 9.59 Å². The fourth-order valence-corrected chi connectivity index (χ4v) is 3.52. The first-order valence-corrected chi connectivity index (χ1v) is 9.94. The van der Waals surface area contributed by atoms with Crippen LogP contribution in [0.4, 0.5) is 5.13 Å². The molecule has 6 nitrogen and oxygen atoms in total. The van der Waals surface area contributed by atoms with Crippen LogP contribution in [0, 0.1) is 0 Å². The Labute approximate surface area is 167 Å². The zero-order valence-electron chi connectivity index (χ0n) is 15.9. The molecule has 1 N–H and O–H groups in total. The molecule has 0 atom stereocenters. The number of Topliss-reactive ketones (excluding diaryl/α,β-unsaturated/α-hetero) is 1. The molecule has 1 heterocycles. The summed E-state index contributed by atoms with van der Waals surface area (Å²) in [6.45, 7) is 4.49. The van der Waals surface area contributed by atoms with Gasteiger partial charge in [0.2, 0.25) is 5.91 Å². The van der Waals surface area contributed by atoms with E-state index in [2.05, 4.69) is 10.3 Å². The Balaban J connectivity index is 1.45. The van der Waals surface area contributed by atoms with Gasteiger partial charge in [-0.25, -0.2) is 4.98 Å². The Kier molecular flexibility index (Phi) is 6.60. The molecule has 0 bridgehead atoms. The molecule has 0 fully saturated rings. The minimum Gasteiger partial charge on any atom is -0.494 e. The summed E-state index contributed by atoms with van der Waals surface area (Å²) in [6.07, 6.45) is 0.922. The van der Waals surface area contributed by atoms with Crippen molar-refractivity contribution in [1.29, 1.82) is 0 Å². The molecule has 0 saturated carbocycles. The second-order valence-corrected chi connectivity index (χ2v) is 7.19. The number of amides is 1. The van der Waals surface area contributed by atoms with Crippen LogP contribution < -0.4 is 14.8 Å². The Morgan fingerprint density at radius 1 is 1.07 bits per heavy atom. The maximum absolute atomic E-state index is 12.1. The molecule has 0 radical (unpaired) electrons. The highest BCUT2D eigenvalue weighted by Crippen LogP contribution is 2.29. The molecule has 0 unspecified atom stereocenters. The van der Waals surface area contributed by atoms with Crippen molar-refractivity contribution < 1.29 is 19.1 Å². The third-order valence-electron chi connectivity index (χ3n) is 4.00. The summed E-state index contributed by atoms with van der Waals surface area (Å²) in [4.78, 5) is 27.8. The number of ketones is 1. The van der Waals surface area contributed by atoms with E-state index in [4.69, 9.17) is 9.47 Å². The SMILES string of the molecule is CCOc1ccc2nc(NC(=O)CCCOc3ccc(C(C)=O)cc3)sc2c1. The highest BCUT2D eigenvalue weighted by Gasteiger charge is 2.09. The average molecular weight is 398 g/mol. The number of anilines is 1. The summed E-state index contributed by atoms with van der Waals surface area (Å²) in [6, 6.07) is 12.7. The third-order valence-corrected chi connectivity index (χ3v) is 4.93. The normalized spacial score (nSPS) is 10.6. The van der Waals surface area contributed by atoms with Crippen molar-refractivity contribution in [3.05, 3.63) is 48.0 Å². The molecule has 0 aliphatic carbocycles. The van der Waals surface area contributed by atoms with Crippen LogP contribution in [0.5, 0.6) is 11.5 Å². The first kappa shape index (κ1) is 19.8. The number of nitrogens with one attached hydrogen (secondary N) is 1. The van der Waals surface area contributed by atoms with Gasteiger partial charge in [0, 0.05) is 12.0 Å². The Hall–Kier alpha value is -2.93. The zero-order chi connectivity index (χ0) is 19.9. The minimum absolute atomic E-state index is 0.0205. The highest BCUT2D eigenvalue weighted by atomic mass is 32.1. The van der Waals surface area contributed by atoms with Crippen LogP contribution in [-0.4, -0.2) is 29.9 Å². The van der Waals surface area contributed by atoms with E-state index in [1.54, 1.807) is 24.3 Å². The molecule has 146 valence electrons. The first-order valence-electron chi connectivity index (χ1n) is 9.12. The average Bonchev–Trinajstić information content (AvgIpc) is 3.07. The Bertz CT molecular complexity index is 966. The van der Waals surface area contributed by atoms with Gasteiger partial charge in [-0.1, -0.05) is 11.3 Å². The molecule has 1 aromatic heterocycles. The summed E-state index contributed by atoms with van der Waals surface area (Å²) in [5.41, 5.74) is 1.48. The Morgan fingerprint density at radius 3 is 2.54 bits per heavy atom. The standard InChI is InChI=1S/C21H22N2O4S/c1-3-26-17-10-11-18-19(13-17)28-21(22-18)23-20(25)5-4-12-27-16-8-6-15(7-9-16)14(2)24/h6-11,13H,3-5,12H2,1-2H3,(H,22,23,25). The van der Waals surface area contributed by atoms with E-state index in [0.717, 1.165) is 16.0 Å². The van der Waals surface area contributed by atoms with E-state index in [0.29, 0.717) is 42.5 Å². The summed E-state index contributed by atoms with van der Waals surface area (Å²) in [7, 11) is 0. The predicted octanol–water partition coefficient (Wildman–Crippen LogP) is 4.70. The van der Waals surface area contributed by atoms with Crippen LogP contribution in [-0.2, 0) is 4.79 Å². The molecule has 0 saturated heterocycles. The molecular formula is C21H22N2O4S. The third kappa shape index (κ3) is 5.29. The Morgan fingerprint density at radius 2 is 1.82 bits per heavy atom. The number of nitrogens with zero attached hydrogens (tertiary/aromatic N) is 1. The second-order valence-electron chi connectivity index (χ2n) is 6.16. The van der Waals surface area contributed by atoms with Crippen LogP contribution in [0.3, 0.4) is 0 Å². The van der Waals surface area contributed by atoms with Crippen molar-refractivity contribution in [2.45, 2.75) is 26.7 Å². The van der Waals surface area contributed by atoms with E-state index in [1.165, 1.54) is 18.3 Å². The van der Waals surface area contributed by atoms with Crippen LogP contribution in [0.2, 0.25) is 0 Å². The molecule has 7 heteroatoms. The quantitative estimate of drug-likeness (QED) is 0.418. The van der Waals surface area contributed by atoms with Crippen molar-refractivity contribution in [2.24, 2.45) is 0 Å². The topological polar surface area (TPSA) is 77.5 Å². The number of thiazole rings is 1. The van der Waals surface area contributed by atoms with Crippen molar-refractivity contribution in [3.63, 3.8) is 0 Å². The number of ether oxygens (including phenoxy) is 2. The summed E-state index contributed by atoms with van der Waals surface area (Å²) in [5, 5.41) is 3.41. The van der Waals surface area contributed by atoms with Crippen molar-refractivity contribution in [1.82, 2.24) is 4.98 Å². The number of hydrogen-bond donors (Lipinski definition) is 1. The molecule has 3 aromatic rings. The molecule has 3 rings (SSSR count). The predicted molar refractivity (Wildman–Crippen MR) is 111 cm³/mol. The molecule has 0 aliphatic heterocycles. The lowest BCUT2D eigenvalue weighted by Gasteiger charge is -2.06. The zero-order valence-corrected chi connectivity index (χ0v) is 16.7. The van der Waals surface area contributed by atoms with Crippen LogP contribution in [0.15, 0.2) is 42.5 Å². The van der Waals surface area contributed by atoms with Crippen LogP contribution in [0.25, 0.3) is 10.2 Å². The molecule has 1 amide bonds. The van der Waals surface area contributed by atoms with Gasteiger partial charge in [-0.2, -0.15) is 0 Å². The first-order chi connectivity index (χ1) is 13.5. The van der Waals surface area contributed by atoms with Gasteiger partial charge in [0.05, 0.1) is 23.4 Å². The number of carbonyl (C=O) groups is 2. The lowest BCUT2D eigenvalue weighted by molar-refractivity contribution is -0.116. The van der Waals surface area contributed by atoms with E-state index in [-0.39, 0.29) is 11.7 Å². The second kappa shape index (κ2) is 9.32. The van der Waals surface area contributed by atoms with Crippen molar-refractivity contribution in [2.75, 3.05) is 18.5 Å². The number of benzene rings is 2. The van der Waals surface area contributed by atoms with Crippen molar-refractivity contribution in [3.8, 4) is 11.5 Å². The maximum atomic E-state index is 12.1. The summed E-state index contributed by atoms with van der Waals surface area (Å²) in [5.74, 6) is 1.40. The van der Waals surface area contributed by atoms with Gasteiger partial charge in [0.25, 0.3) is 0 Å². The van der Waals surface area contributed by atoms with E-state index in [1.807, 2.05) is 25.1 Å². The number of fused-ring (bicyclic) bond motifs is 1. The highest BCUT2D eigenvalue weighted by molar-refractivity contribution is 7.22. The number of aromatic nitrogens is 1. The lowest BCUT2D eigenvalue weighted by Crippen LogP contribution is -2.12. The lowest BCUT2D eigenvalue weighted by atomic mass is 10.1. The van der Waals surface area contributed by atoms with Gasteiger partial charge in [0.1, 0.15) is 11.5 Å². The number of hydrogen-bond acceptors (Lipinski definition) is 6. The fourth-order valence-electron chi connectivity index (χ4n) is 2.61. The van der Waals surface area contributed by atoms with Crippen LogP contribution in [0.1, 0.15) is 37.0 Å². The molecule has 2 aromatic carbocycles. The largest absolute Gasteiger partial charge is 0.494 e. The summed E-state index contributed by atoms with van der Waals surface area (Å²) < 4.78 is 12.1. The van der Waals surface area contributed by atoms with E-state index < -0.39 is 0 Å². The van der Waals surface area contributed by atoms with Gasteiger partial charge >= 0.3 is 0 Å². The molecule has 28 heavy (non-hydrogen) atoms. The van der Waals surface area contributed by atoms with Gasteiger partial charge in [-0.15, -0.1) is 0 Å². The number of carbonyl (C=O) groups excluding carboxylic acids is 2. The van der Waals surface area contributed by atoms with Crippen molar-refractivity contribution >= 4 is 38.4 Å². The molecular weight excluding hydrogens is 376 g/mol. The monoisotopic (exact) mass is 398 g/mol. The number of rotatable bonds is 9. The minimum atomic E-state index is -0.0976. The van der Waals surface area contributed by atoms with Gasteiger partial charge in [0.15, 0.2) is 10.9 Å². The van der Waals surface area contributed by atoms with E-state index >= 15 is 0 Å². The smallest absolute Gasteiger partial charge is 0.226 e. The van der Waals surface area contributed by atoms with Gasteiger partial charge < -0.3 is 14.8 Å². The fraction of sp³-hybridized carbons (Fsp3) is 0.286. The van der Waals surface area contributed by atoms with Gasteiger partial charge in [-0.3, -0.25) is 9.59 Å². The van der Waals surface area contributed by atoms with Crippen LogP contribution >= 0.6 is 11.3 Å².